The summed E-state index contributed by atoms with van der Waals surface area (Å²) in [6, 6.07) is 5.29. The van der Waals surface area contributed by atoms with Gasteiger partial charge in [-0.25, -0.2) is 9.18 Å². The van der Waals surface area contributed by atoms with E-state index in [0.29, 0.717) is 12.2 Å². The minimum absolute atomic E-state index is 0.358. The number of anilines is 1. The maximum atomic E-state index is 13.0. The summed E-state index contributed by atoms with van der Waals surface area (Å²) < 4.78 is 13.0. The molecular weight excluding hydrogens is 197 g/mol. The molecule has 0 aliphatic heterocycles. The first-order valence-electron chi connectivity index (χ1n) is 4.81. The number of nitrogens with zero attached hydrogens (tertiary/aromatic N) is 1. The van der Waals surface area contributed by atoms with E-state index in [2.05, 4.69) is 0 Å². The highest BCUT2D eigenvalue weighted by atomic mass is 19.1. The summed E-state index contributed by atoms with van der Waals surface area (Å²) in [4.78, 5) is 12.5. The normalized spacial score (nSPS) is 12.2. The molecule has 0 aromatic heterocycles. The predicted molar refractivity (Wildman–Crippen MR) is 56.5 cm³/mol. The first-order valence-corrected chi connectivity index (χ1v) is 4.81. The Morgan fingerprint density at radius 1 is 1.60 bits per heavy atom. The largest absolute Gasteiger partial charge is 0.480 e. The summed E-state index contributed by atoms with van der Waals surface area (Å²) in [5.41, 5.74) is 0.590. The van der Waals surface area contributed by atoms with Crippen molar-refractivity contribution in [2.45, 2.75) is 19.9 Å². The first-order chi connectivity index (χ1) is 7.06. The van der Waals surface area contributed by atoms with E-state index < -0.39 is 12.0 Å². The van der Waals surface area contributed by atoms with E-state index in [1.165, 1.54) is 12.1 Å². The van der Waals surface area contributed by atoms with Gasteiger partial charge in [0, 0.05) is 12.2 Å². The summed E-state index contributed by atoms with van der Waals surface area (Å²) in [5, 5.41) is 8.88. The zero-order valence-electron chi connectivity index (χ0n) is 8.77. The molecule has 1 unspecified atom stereocenters. The van der Waals surface area contributed by atoms with Crippen molar-refractivity contribution >= 4 is 11.7 Å². The second-order valence-corrected chi connectivity index (χ2v) is 3.28. The molecule has 0 saturated heterocycles. The van der Waals surface area contributed by atoms with Crippen LogP contribution in [0.5, 0.6) is 0 Å². The molecule has 1 atom stereocenters. The lowest BCUT2D eigenvalue weighted by molar-refractivity contribution is -0.138. The van der Waals surface area contributed by atoms with Gasteiger partial charge in [-0.2, -0.15) is 0 Å². The number of likely N-dealkylation sites (N-methyl/N-ethyl adjacent to an activating group) is 1. The van der Waals surface area contributed by atoms with Crippen molar-refractivity contribution in [3.05, 3.63) is 30.1 Å². The van der Waals surface area contributed by atoms with Gasteiger partial charge < -0.3 is 10.0 Å². The molecule has 82 valence electrons. The summed E-state index contributed by atoms with van der Waals surface area (Å²) >= 11 is 0. The van der Waals surface area contributed by atoms with Gasteiger partial charge in [0.05, 0.1) is 0 Å². The quantitative estimate of drug-likeness (QED) is 0.829. The minimum Gasteiger partial charge on any atom is -0.480 e. The molecule has 0 spiro atoms. The Bertz CT molecular complexity index is 354. The van der Waals surface area contributed by atoms with Gasteiger partial charge in [0.25, 0.3) is 0 Å². The van der Waals surface area contributed by atoms with Gasteiger partial charge in [-0.3, -0.25) is 0 Å². The van der Waals surface area contributed by atoms with Gasteiger partial charge in [0.2, 0.25) is 0 Å². The van der Waals surface area contributed by atoms with E-state index in [1.54, 1.807) is 24.0 Å². The summed E-state index contributed by atoms with van der Waals surface area (Å²) in [5.74, 6) is -1.27. The Hall–Kier alpha value is -1.58. The van der Waals surface area contributed by atoms with Crippen LogP contribution in [0.1, 0.15) is 13.8 Å². The highest BCUT2D eigenvalue weighted by Crippen LogP contribution is 2.17. The molecule has 1 aromatic rings. The molecule has 0 saturated carbocycles. The smallest absolute Gasteiger partial charge is 0.326 e. The van der Waals surface area contributed by atoms with Crippen LogP contribution < -0.4 is 4.90 Å². The Morgan fingerprint density at radius 3 is 2.73 bits per heavy atom. The molecule has 0 amide bonds. The molecule has 0 aliphatic carbocycles. The molecule has 0 bridgehead atoms. The van der Waals surface area contributed by atoms with Crippen LogP contribution in [0.4, 0.5) is 10.1 Å². The van der Waals surface area contributed by atoms with E-state index >= 15 is 0 Å². The van der Waals surface area contributed by atoms with Crippen LogP contribution in [0, 0.1) is 5.82 Å². The molecule has 1 aromatic carbocycles. The lowest BCUT2D eigenvalue weighted by atomic mass is 10.2. The lowest BCUT2D eigenvalue weighted by Crippen LogP contribution is -2.38. The number of hydrogen-bond donors (Lipinski definition) is 1. The van der Waals surface area contributed by atoms with Crippen molar-refractivity contribution < 1.29 is 14.3 Å². The van der Waals surface area contributed by atoms with Crippen LogP contribution in [-0.2, 0) is 4.79 Å². The van der Waals surface area contributed by atoms with E-state index in [4.69, 9.17) is 5.11 Å². The van der Waals surface area contributed by atoms with Gasteiger partial charge in [-0.15, -0.1) is 0 Å². The van der Waals surface area contributed by atoms with E-state index in [1.807, 2.05) is 6.92 Å². The van der Waals surface area contributed by atoms with Crippen molar-refractivity contribution in [2.24, 2.45) is 0 Å². The van der Waals surface area contributed by atoms with Gasteiger partial charge in [-0.05, 0) is 32.0 Å². The Kier molecular flexibility index (Phi) is 3.66. The van der Waals surface area contributed by atoms with Gasteiger partial charge >= 0.3 is 5.97 Å². The van der Waals surface area contributed by atoms with Crippen molar-refractivity contribution in [1.82, 2.24) is 0 Å². The molecule has 1 rings (SSSR count). The van der Waals surface area contributed by atoms with E-state index in [0.717, 1.165) is 0 Å². The fraction of sp³-hybridized carbons (Fsp3) is 0.364. The van der Waals surface area contributed by atoms with Gasteiger partial charge in [-0.1, -0.05) is 6.07 Å². The van der Waals surface area contributed by atoms with Crippen LogP contribution in [0.3, 0.4) is 0 Å². The summed E-state index contributed by atoms with van der Waals surface area (Å²) in [6.45, 7) is 3.94. The highest BCUT2D eigenvalue weighted by molar-refractivity contribution is 5.77. The molecule has 0 aliphatic rings. The molecule has 0 heterocycles. The zero-order valence-corrected chi connectivity index (χ0v) is 8.77. The zero-order chi connectivity index (χ0) is 11.4. The fourth-order valence-corrected chi connectivity index (χ4v) is 1.47. The number of aliphatic carboxylic acids is 1. The van der Waals surface area contributed by atoms with E-state index in [9.17, 15) is 9.18 Å². The maximum absolute atomic E-state index is 13.0. The highest BCUT2D eigenvalue weighted by Gasteiger charge is 2.19. The second kappa shape index (κ2) is 4.77. The Balaban J connectivity index is 2.97. The number of carbonyl (C=O) groups is 1. The topological polar surface area (TPSA) is 40.5 Å². The van der Waals surface area contributed by atoms with Crippen LogP contribution in [0.15, 0.2) is 24.3 Å². The molecule has 3 nitrogen and oxygen atoms in total. The number of hydrogen-bond acceptors (Lipinski definition) is 2. The third-order valence-corrected chi connectivity index (χ3v) is 2.31. The van der Waals surface area contributed by atoms with Crippen LogP contribution >= 0.6 is 0 Å². The molecule has 1 N–H and O–H groups in total. The predicted octanol–water partition coefficient (Wildman–Crippen LogP) is 2.13. The minimum atomic E-state index is -0.916. The van der Waals surface area contributed by atoms with Crippen molar-refractivity contribution in [1.29, 1.82) is 0 Å². The Labute approximate surface area is 88.1 Å². The fourth-order valence-electron chi connectivity index (χ4n) is 1.47. The molecule has 4 heteroatoms. The average molecular weight is 211 g/mol. The monoisotopic (exact) mass is 211 g/mol. The first kappa shape index (κ1) is 11.5. The number of carboxylic acids is 1. The van der Waals surface area contributed by atoms with Gasteiger partial charge in [0.15, 0.2) is 0 Å². The average Bonchev–Trinajstić information content (AvgIpc) is 2.18. The SMILES string of the molecule is CCN(c1cccc(F)c1)C(C)C(=O)O. The summed E-state index contributed by atoms with van der Waals surface area (Å²) in [7, 11) is 0. The third-order valence-electron chi connectivity index (χ3n) is 2.31. The molecule has 0 fully saturated rings. The molecular formula is C11H14FNO2. The number of carboxylic acid groups (broad SMARTS) is 1. The van der Waals surface area contributed by atoms with Gasteiger partial charge in [0.1, 0.15) is 11.9 Å². The molecule has 0 radical (unpaired) electrons. The summed E-state index contributed by atoms with van der Waals surface area (Å²) in [6.07, 6.45) is 0. The third kappa shape index (κ3) is 2.68. The molecule has 15 heavy (non-hydrogen) atoms. The van der Waals surface area contributed by atoms with Crippen LogP contribution in [-0.4, -0.2) is 23.7 Å². The van der Waals surface area contributed by atoms with E-state index in [-0.39, 0.29) is 5.82 Å². The second-order valence-electron chi connectivity index (χ2n) is 3.28. The standard InChI is InChI=1S/C11H14FNO2/c1-3-13(8(2)11(14)15)10-6-4-5-9(12)7-10/h4-8H,3H2,1-2H3,(H,14,15). The van der Waals surface area contributed by atoms with Crippen LogP contribution in [0.2, 0.25) is 0 Å². The number of halogens is 1. The van der Waals surface area contributed by atoms with Crippen LogP contribution in [0.25, 0.3) is 0 Å². The van der Waals surface area contributed by atoms with Crippen molar-refractivity contribution in [2.75, 3.05) is 11.4 Å². The number of rotatable bonds is 4. The lowest BCUT2D eigenvalue weighted by Gasteiger charge is -2.27. The van der Waals surface area contributed by atoms with Crippen molar-refractivity contribution in [3.63, 3.8) is 0 Å². The van der Waals surface area contributed by atoms with Crippen molar-refractivity contribution in [3.8, 4) is 0 Å². The Morgan fingerprint density at radius 2 is 2.27 bits per heavy atom. The number of benzene rings is 1. The maximum Gasteiger partial charge on any atom is 0.326 e.